The highest BCUT2D eigenvalue weighted by atomic mass is 79.9. The van der Waals surface area contributed by atoms with Gasteiger partial charge in [-0.3, -0.25) is 0 Å². The molecule has 0 heterocycles. The van der Waals surface area contributed by atoms with Crippen molar-refractivity contribution < 1.29 is 0 Å². The van der Waals surface area contributed by atoms with Gasteiger partial charge in [0.05, 0.1) is 3.23 Å². The molecule has 0 saturated carbocycles. The Labute approximate surface area is 67.6 Å². The molecular weight excluding hydrogens is 232 g/mol. The van der Waals surface area contributed by atoms with Gasteiger partial charge in [-0.1, -0.05) is 50.9 Å². The molecule has 0 unspecified atom stereocenters. The van der Waals surface area contributed by atoms with Crippen LogP contribution in [0.5, 0.6) is 0 Å². The first-order valence-electron chi connectivity index (χ1n) is 2.64. The molecule has 48 valence electrons. The summed E-state index contributed by atoms with van der Waals surface area (Å²) in [5, 5.41) is 0. The van der Waals surface area contributed by atoms with Crippen molar-refractivity contribution in [1.29, 1.82) is 0 Å². The lowest BCUT2D eigenvalue weighted by molar-refractivity contribution is 0.949. The fraction of sp³-hybridized carbons (Fsp3) is 0.667. The number of alkyl halides is 2. The summed E-state index contributed by atoms with van der Waals surface area (Å²) >= 11 is 6.94. The maximum atomic E-state index is 3.47. The Hall–Kier alpha value is 0.700. The molecule has 0 spiro atoms. The van der Waals surface area contributed by atoms with E-state index in [9.17, 15) is 0 Å². The molecule has 0 radical (unpaired) electrons. The number of allylic oxidation sites excluding steroid dienone is 2. The Morgan fingerprint density at radius 1 is 1.50 bits per heavy atom. The van der Waals surface area contributed by atoms with Gasteiger partial charge >= 0.3 is 0 Å². The van der Waals surface area contributed by atoms with E-state index in [1.165, 1.54) is 0 Å². The summed E-state index contributed by atoms with van der Waals surface area (Å²) in [7, 11) is 0. The van der Waals surface area contributed by atoms with Crippen LogP contribution in [0.2, 0.25) is 0 Å². The maximum absolute atomic E-state index is 3.47. The maximum Gasteiger partial charge on any atom is 0.0981 e. The van der Waals surface area contributed by atoms with Crippen molar-refractivity contribution in [3.8, 4) is 0 Å². The molecule has 0 N–H and O–H groups in total. The SMILES string of the molecule is CC=CC(Br)(Br)CC. The van der Waals surface area contributed by atoms with E-state index < -0.39 is 0 Å². The van der Waals surface area contributed by atoms with Crippen LogP contribution in [-0.2, 0) is 0 Å². The summed E-state index contributed by atoms with van der Waals surface area (Å²) in [6, 6.07) is 0. The summed E-state index contributed by atoms with van der Waals surface area (Å²) in [5.41, 5.74) is 0. The van der Waals surface area contributed by atoms with Crippen molar-refractivity contribution in [2.75, 3.05) is 0 Å². The molecule has 0 bridgehead atoms. The third-order valence-electron chi connectivity index (χ3n) is 0.882. The summed E-state index contributed by atoms with van der Waals surface area (Å²) in [6.45, 7) is 4.12. The summed E-state index contributed by atoms with van der Waals surface area (Å²) in [4.78, 5) is 0. The van der Waals surface area contributed by atoms with E-state index in [0.29, 0.717) is 0 Å². The van der Waals surface area contributed by atoms with Crippen molar-refractivity contribution >= 4 is 31.9 Å². The molecule has 0 aromatic rings. The highest BCUT2D eigenvalue weighted by Crippen LogP contribution is 2.30. The van der Waals surface area contributed by atoms with Crippen LogP contribution in [0.3, 0.4) is 0 Å². The average Bonchev–Trinajstić information content (AvgIpc) is 1.67. The van der Waals surface area contributed by atoms with Gasteiger partial charge in [0.2, 0.25) is 0 Å². The van der Waals surface area contributed by atoms with Gasteiger partial charge in [0, 0.05) is 0 Å². The molecular formula is C6H10Br2. The second-order valence-electron chi connectivity index (χ2n) is 1.61. The second-order valence-corrected chi connectivity index (χ2v) is 5.51. The lowest BCUT2D eigenvalue weighted by Crippen LogP contribution is -2.02. The largest absolute Gasteiger partial charge is 0.0981 e. The normalized spacial score (nSPS) is 13.0. The van der Waals surface area contributed by atoms with E-state index in [-0.39, 0.29) is 3.23 Å². The predicted octanol–water partition coefficient (Wildman–Crippen LogP) is 3.46. The van der Waals surface area contributed by atoms with Gasteiger partial charge in [-0.2, -0.15) is 0 Å². The van der Waals surface area contributed by atoms with E-state index in [2.05, 4.69) is 44.9 Å². The predicted molar refractivity (Wildman–Crippen MR) is 45.7 cm³/mol. The number of hydrogen-bond acceptors (Lipinski definition) is 0. The minimum absolute atomic E-state index is 0.0365. The quantitative estimate of drug-likeness (QED) is 0.513. The van der Waals surface area contributed by atoms with E-state index in [0.717, 1.165) is 6.42 Å². The van der Waals surface area contributed by atoms with Crippen molar-refractivity contribution in [1.82, 2.24) is 0 Å². The van der Waals surface area contributed by atoms with E-state index in [4.69, 9.17) is 0 Å². The standard InChI is InChI=1S/C6H10Br2/c1-3-5-6(7,8)4-2/h3,5H,4H2,1-2H3. The van der Waals surface area contributed by atoms with Crippen molar-refractivity contribution in [3.63, 3.8) is 0 Å². The van der Waals surface area contributed by atoms with Gasteiger partial charge in [0.25, 0.3) is 0 Å². The lowest BCUT2D eigenvalue weighted by atomic mass is 10.3. The molecule has 0 fully saturated rings. The summed E-state index contributed by atoms with van der Waals surface area (Å²) in [5.74, 6) is 0. The van der Waals surface area contributed by atoms with Gasteiger partial charge in [0.15, 0.2) is 0 Å². The molecule has 0 rings (SSSR count). The Balaban J connectivity index is 3.71. The zero-order valence-corrected chi connectivity index (χ0v) is 8.29. The molecule has 0 aromatic carbocycles. The monoisotopic (exact) mass is 240 g/mol. The molecule has 0 aliphatic rings. The Kier molecular flexibility index (Phi) is 4.00. The van der Waals surface area contributed by atoms with Crippen LogP contribution in [-0.4, -0.2) is 3.23 Å². The van der Waals surface area contributed by atoms with Gasteiger partial charge < -0.3 is 0 Å². The minimum atomic E-state index is 0.0365. The smallest absolute Gasteiger partial charge is 0.0894 e. The average molecular weight is 242 g/mol. The Morgan fingerprint density at radius 2 is 2.00 bits per heavy atom. The third kappa shape index (κ3) is 3.67. The van der Waals surface area contributed by atoms with E-state index in [1.807, 2.05) is 13.0 Å². The van der Waals surface area contributed by atoms with Crippen LogP contribution < -0.4 is 0 Å². The molecule has 8 heavy (non-hydrogen) atoms. The van der Waals surface area contributed by atoms with Crippen molar-refractivity contribution in [2.45, 2.75) is 23.5 Å². The first kappa shape index (κ1) is 8.70. The van der Waals surface area contributed by atoms with Crippen LogP contribution in [0, 0.1) is 0 Å². The van der Waals surface area contributed by atoms with E-state index in [1.54, 1.807) is 0 Å². The fourth-order valence-electron chi connectivity index (χ4n) is 0.362. The molecule has 0 atom stereocenters. The summed E-state index contributed by atoms with van der Waals surface area (Å²) < 4.78 is 0.0365. The number of hydrogen-bond donors (Lipinski definition) is 0. The van der Waals surface area contributed by atoms with Gasteiger partial charge in [-0.05, 0) is 13.3 Å². The number of halogens is 2. The van der Waals surface area contributed by atoms with Crippen molar-refractivity contribution in [3.05, 3.63) is 12.2 Å². The zero-order valence-electron chi connectivity index (χ0n) is 5.12. The molecule has 0 aromatic heterocycles. The van der Waals surface area contributed by atoms with Gasteiger partial charge in [0.1, 0.15) is 0 Å². The molecule has 0 saturated heterocycles. The van der Waals surface area contributed by atoms with Crippen LogP contribution >= 0.6 is 31.9 Å². The van der Waals surface area contributed by atoms with Crippen LogP contribution in [0.4, 0.5) is 0 Å². The molecule has 0 aliphatic carbocycles. The molecule has 2 heteroatoms. The Morgan fingerprint density at radius 3 is 2.12 bits per heavy atom. The first-order valence-corrected chi connectivity index (χ1v) is 4.22. The van der Waals surface area contributed by atoms with Crippen LogP contribution in [0.25, 0.3) is 0 Å². The van der Waals surface area contributed by atoms with Gasteiger partial charge in [-0.15, -0.1) is 0 Å². The molecule has 0 aliphatic heterocycles. The van der Waals surface area contributed by atoms with E-state index >= 15 is 0 Å². The molecule has 0 amide bonds. The zero-order chi connectivity index (χ0) is 6.62. The minimum Gasteiger partial charge on any atom is -0.0894 e. The first-order chi connectivity index (χ1) is 3.62. The number of rotatable bonds is 2. The summed E-state index contributed by atoms with van der Waals surface area (Å²) in [6.07, 6.45) is 5.15. The van der Waals surface area contributed by atoms with Crippen LogP contribution in [0.1, 0.15) is 20.3 Å². The topological polar surface area (TPSA) is 0 Å². The third-order valence-corrected chi connectivity index (χ3v) is 2.53. The highest BCUT2D eigenvalue weighted by Gasteiger charge is 2.13. The van der Waals surface area contributed by atoms with Crippen molar-refractivity contribution in [2.24, 2.45) is 0 Å². The Bertz CT molecular complexity index is 84.5. The molecule has 0 nitrogen and oxygen atoms in total. The van der Waals surface area contributed by atoms with Crippen LogP contribution in [0.15, 0.2) is 12.2 Å². The van der Waals surface area contributed by atoms with Gasteiger partial charge in [-0.25, -0.2) is 0 Å². The highest BCUT2D eigenvalue weighted by molar-refractivity contribution is 9.25. The fourth-order valence-corrected chi connectivity index (χ4v) is 0.890. The second kappa shape index (κ2) is 3.67. The lowest BCUT2D eigenvalue weighted by Gasteiger charge is -2.10.